The van der Waals surface area contributed by atoms with Crippen molar-refractivity contribution in [2.24, 2.45) is 0 Å². The fourth-order valence-corrected chi connectivity index (χ4v) is 3.93. The highest BCUT2D eigenvalue weighted by molar-refractivity contribution is 6.30. The number of hydrogen-bond donors (Lipinski definition) is 1. The Morgan fingerprint density at radius 1 is 1.35 bits per heavy atom. The van der Waals surface area contributed by atoms with Crippen molar-refractivity contribution in [3.63, 3.8) is 0 Å². The van der Waals surface area contributed by atoms with E-state index < -0.39 is 0 Å². The van der Waals surface area contributed by atoms with Gasteiger partial charge in [0.15, 0.2) is 0 Å². The number of nitrogens with zero attached hydrogens (tertiary/aromatic N) is 2. The zero-order valence-electron chi connectivity index (χ0n) is 11.9. The minimum Gasteiger partial charge on any atom is -0.356 e. The number of likely N-dealkylation sites (tertiary alicyclic amines) is 2. The Labute approximate surface area is 125 Å². The fourth-order valence-electron chi connectivity index (χ4n) is 3.77. The van der Waals surface area contributed by atoms with Crippen molar-refractivity contribution < 1.29 is 4.79 Å². The fraction of sp³-hybridized carbons (Fsp3) is 0.667. The van der Waals surface area contributed by atoms with E-state index in [0.29, 0.717) is 22.8 Å². The first kappa shape index (κ1) is 14.0. The van der Waals surface area contributed by atoms with Gasteiger partial charge in [-0.15, -0.1) is 0 Å². The molecule has 0 radical (unpaired) electrons. The van der Waals surface area contributed by atoms with E-state index in [2.05, 4.69) is 21.7 Å². The predicted octanol–water partition coefficient (Wildman–Crippen LogP) is 2.76. The van der Waals surface area contributed by atoms with Crippen LogP contribution < -0.4 is 0 Å². The van der Waals surface area contributed by atoms with Gasteiger partial charge in [0, 0.05) is 24.8 Å². The van der Waals surface area contributed by atoms with Gasteiger partial charge in [0.05, 0.1) is 5.02 Å². The number of likely N-dealkylation sites (N-methyl/N-ethyl adjacent to an activating group) is 1. The van der Waals surface area contributed by atoms with Gasteiger partial charge in [-0.2, -0.15) is 0 Å². The molecule has 0 saturated carbocycles. The normalized spacial score (nSPS) is 27.4. The molecule has 1 aromatic rings. The van der Waals surface area contributed by atoms with Crippen molar-refractivity contribution in [2.75, 3.05) is 19.6 Å². The summed E-state index contributed by atoms with van der Waals surface area (Å²) in [4.78, 5) is 20.2. The molecule has 20 heavy (non-hydrogen) atoms. The molecule has 1 amide bonds. The molecule has 2 saturated heterocycles. The first-order chi connectivity index (χ1) is 9.70. The number of aromatic nitrogens is 1. The van der Waals surface area contributed by atoms with Crippen LogP contribution >= 0.6 is 11.6 Å². The number of carbonyl (C=O) groups is 1. The summed E-state index contributed by atoms with van der Waals surface area (Å²) in [7, 11) is 0. The molecule has 1 aromatic heterocycles. The van der Waals surface area contributed by atoms with Crippen LogP contribution in [-0.2, 0) is 0 Å². The molecule has 2 fully saturated rings. The Bertz CT molecular complexity index is 487. The molecule has 0 bridgehead atoms. The molecule has 0 spiro atoms. The van der Waals surface area contributed by atoms with E-state index in [-0.39, 0.29) is 5.91 Å². The van der Waals surface area contributed by atoms with Crippen molar-refractivity contribution in [2.45, 2.75) is 44.7 Å². The third-order valence-corrected chi connectivity index (χ3v) is 4.92. The highest BCUT2D eigenvalue weighted by Gasteiger charge is 2.39. The molecule has 2 atom stereocenters. The predicted molar refractivity (Wildman–Crippen MR) is 80.1 cm³/mol. The minimum atomic E-state index is 0.0994. The lowest BCUT2D eigenvalue weighted by Crippen LogP contribution is -2.48. The average Bonchev–Trinajstić information content (AvgIpc) is 3.16. The van der Waals surface area contributed by atoms with Crippen LogP contribution in [0.1, 0.15) is 43.1 Å². The third-order valence-electron chi connectivity index (χ3n) is 4.70. The second-order valence-electron chi connectivity index (χ2n) is 5.78. The van der Waals surface area contributed by atoms with Crippen molar-refractivity contribution in [3.8, 4) is 0 Å². The van der Waals surface area contributed by atoms with Crippen LogP contribution in [0.4, 0.5) is 0 Å². The van der Waals surface area contributed by atoms with Crippen LogP contribution in [0.3, 0.4) is 0 Å². The average molecular weight is 296 g/mol. The molecule has 0 aromatic carbocycles. The highest BCUT2D eigenvalue weighted by Crippen LogP contribution is 2.30. The standard InChI is InChI=1S/C15H22ClN3O/c1-2-18-7-3-5-13(18)14-6-4-8-19(14)15(20)12-9-11(16)10-17-12/h9-10,13-14,17H,2-8H2,1H3/t13-,14+/m1/s1. The first-order valence-electron chi connectivity index (χ1n) is 7.59. The van der Waals surface area contributed by atoms with Crippen molar-refractivity contribution in [3.05, 3.63) is 23.0 Å². The van der Waals surface area contributed by atoms with E-state index in [1.165, 1.54) is 19.4 Å². The number of aromatic amines is 1. The Balaban J connectivity index is 1.77. The Kier molecular flexibility index (Phi) is 4.03. The number of carbonyl (C=O) groups excluding carboxylic acids is 1. The quantitative estimate of drug-likeness (QED) is 0.931. The number of rotatable bonds is 3. The van der Waals surface area contributed by atoms with Crippen LogP contribution in [0.5, 0.6) is 0 Å². The second kappa shape index (κ2) is 5.78. The zero-order valence-corrected chi connectivity index (χ0v) is 12.7. The van der Waals surface area contributed by atoms with E-state index in [1.54, 1.807) is 12.3 Å². The molecule has 3 heterocycles. The van der Waals surface area contributed by atoms with Gasteiger partial charge in [0.2, 0.25) is 0 Å². The van der Waals surface area contributed by atoms with Crippen molar-refractivity contribution in [1.82, 2.24) is 14.8 Å². The van der Waals surface area contributed by atoms with Crippen LogP contribution in [0.15, 0.2) is 12.3 Å². The first-order valence-corrected chi connectivity index (χ1v) is 7.97. The molecule has 3 rings (SSSR count). The van der Waals surface area contributed by atoms with Crippen molar-refractivity contribution in [1.29, 1.82) is 0 Å². The summed E-state index contributed by atoms with van der Waals surface area (Å²) in [6, 6.07) is 2.63. The number of H-pyrrole nitrogens is 1. The van der Waals surface area contributed by atoms with Gasteiger partial charge in [-0.3, -0.25) is 9.69 Å². The van der Waals surface area contributed by atoms with E-state index in [9.17, 15) is 4.79 Å². The summed E-state index contributed by atoms with van der Waals surface area (Å²) in [5.41, 5.74) is 0.614. The van der Waals surface area contributed by atoms with E-state index in [1.807, 2.05) is 0 Å². The van der Waals surface area contributed by atoms with E-state index in [4.69, 9.17) is 11.6 Å². The van der Waals surface area contributed by atoms with Crippen LogP contribution in [-0.4, -0.2) is 52.4 Å². The number of halogens is 1. The van der Waals surface area contributed by atoms with Gasteiger partial charge in [-0.05, 0) is 44.8 Å². The van der Waals surface area contributed by atoms with Crippen molar-refractivity contribution >= 4 is 17.5 Å². The van der Waals surface area contributed by atoms with E-state index >= 15 is 0 Å². The molecule has 2 aliphatic heterocycles. The Morgan fingerprint density at radius 2 is 2.10 bits per heavy atom. The summed E-state index contributed by atoms with van der Waals surface area (Å²) >= 11 is 5.91. The Morgan fingerprint density at radius 3 is 2.80 bits per heavy atom. The molecule has 5 heteroatoms. The summed E-state index contributed by atoms with van der Waals surface area (Å²) in [6.45, 7) is 5.34. The summed E-state index contributed by atoms with van der Waals surface area (Å²) in [5, 5.41) is 0.597. The molecule has 0 unspecified atom stereocenters. The molecule has 110 valence electrons. The maximum atomic E-state index is 12.6. The van der Waals surface area contributed by atoms with Gasteiger partial charge >= 0.3 is 0 Å². The topological polar surface area (TPSA) is 39.3 Å². The molecule has 2 aliphatic rings. The number of hydrogen-bond acceptors (Lipinski definition) is 2. The maximum Gasteiger partial charge on any atom is 0.270 e. The molecule has 0 aliphatic carbocycles. The van der Waals surface area contributed by atoms with Gasteiger partial charge in [-0.25, -0.2) is 0 Å². The summed E-state index contributed by atoms with van der Waals surface area (Å²) in [6.07, 6.45) is 6.38. The number of amides is 1. The lowest BCUT2D eigenvalue weighted by molar-refractivity contribution is 0.0645. The number of nitrogens with one attached hydrogen (secondary N) is 1. The highest BCUT2D eigenvalue weighted by atomic mass is 35.5. The molecular formula is C15H22ClN3O. The van der Waals surface area contributed by atoms with Gasteiger partial charge in [0.25, 0.3) is 5.91 Å². The lowest BCUT2D eigenvalue weighted by atomic mass is 10.0. The zero-order chi connectivity index (χ0) is 14.1. The van der Waals surface area contributed by atoms with Crippen LogP contribution in [0.2, 0.25) is 5.02 Å². The van der Waals surface area contributed by atoms with Gasteiger partial charge in [-0.1, -0.05) is 18.5 Å². The SMILES string of the molecule is CCN1CCC[C@@H]1[C@@H]1CCCN1C(=O)c1cc(Cl)c[nH]1. The lowest BCUT2D eigenvalue weighted by Gasteiger charge is -2.34. The molecule has 1 N–H and O–H groups in total. The van der Waals surface area contributed by atoms with Gasteiger partial charge < -0.3 is 9.88 Å². The van der Waals surface area contributed by atoms with Crippen LogP contribution in [0.25, 0.3) is 0 Å². The largest absolute Gasteiger partial charge is 0.356 e. The minimum absolute atomic E-state index is 0.0994. The smallest absolute Gasteiger partial charge is 0.270 e. The molecule has 4 nitrogen and oxygen atoms in total. The Hall–Kier alpha value is -1.00. The summed E-state index contributed by atoms with van der Waals surface area (Å²) in [5.74, 6) is 0.0994. The monoisotopic (exact) mass is 295 g/mol. The van der Waals surface area contributed by atoms with E-state index in [0.717, 1.165) is 25.9 Å². The third kappa shape index (κ3) is 2.47. The second-order valence-corrected chi connectivity index (χ2v) is 6.21. The summed E-state index contributed by atoms with van der Waals surface area (Å²) < 4.78 is 0. The maximum absolute atomic E-state index is 12.6. The van der Waals surface area contributed by atoms with Gasteiger partial charge in [0.1, 0.15) is 5.69 Å². The molecular weight excluding hydrogens is 274 g/mol. The van der Waals surface area contributed by atoms with Crippen LogP contribution in [0, 0.1) is 0 Å².